The van der Waals surface area contributed by atoms with E-state index in [1.54, 1.807) is 12.1 Å². The first kappa shape index (κ1) is 25.7. The Morgan fingerprint density at radius 3 is 1.63 bits per heavy atom. The van der Waals surface area contributed by atoms with Crippen LogP contribution in [-0.2, 0) is 12.8 Å². The molecule has 0 aliphatic carbocycles. The van der Waals surface area contributed by atoms with Gasteiger partial charge in [-0.25, -0.2) is 0 Å². The second-order valence-corrected chi connectivity index (χ2v) is 9.19. The Balaban J connectivity index is 0.000000226. The van der Waals surface area contributed by atoms with Gasteiger partial charge in [0.25, 0.3) is 0 Å². The Morgan fingerprint density at radius 2 is 1.20 bits per heavy atom. The summed E-state index contributed by atoms with van der Waals surface area (Å²) in [6.07, 6.45) is 8.62. The van der Waals surface area contributed by atoms with Crippen LogP contribution in [0.5, 0.6) is 5.75 Å². The molecule has 3 rings (SSSR count). The zero-order valence-electron chi connectivity index (χ0n) is 19.8. The lowest BCUT2D eigenvalue weighted by molar-refractivity contribution is 0.475. The summed E-state index contributed by atoms with van der Waals surface area (Å²) in [6, 6.07) is 18.0. The van der Waals surface area contributed by atoms with Gasteiger partial charge in [-0.15, -0.1) is 0 Å². The number of hydrogen-bond acceptors (Lipinski definition) is 2. The summed E-state index contributed by atoms with van der Waals surface area (Å²) in [5.41, 5.74) is 4.00. The van der Waals surface area contributed by atoms with E-state index in [0.29, 0.717) is 11.7 Å². The standard InChI is InChI=1S/C10H14O.C10H14.C8H13N/c1-8(2)7-9-3-5-10(11)6-4-9;1-9(2)8-10-6-4-3-5-7-10;1-7(2)6-8-4-3-5-9-8/h3-6,8,11H,7H2,1-2H3;3-7,9H,8H2,1-2H3;4-5,7H,3,6H2,1-2H3. The molecular weight excluding hydrogens is 366 g/mol. The molecular formula is C28H41NO. The van der Waals surface area contributed by atoms with Crippen molar-refractivity contribution in [3.63, 3.8) is 0 Å². The maximum Gasteiger partial charge on any atom is 0.115 e. The second-order valence-electron chi connectivity index (χ2n) is 9.19. The van der Waals surface area contributed by atoms with Crippen molar-refractivity contribution < 1.29 is 5.11 Å². The summed E-state index contributed by atoms with van der Waals surface area (Å²) < 4.78 is 0. The molecule has 0 unspecified atom stereocenters. The molecule has 2 heteroatoms. The van der Waals surface area contributed by atoms with Gasteiger partial charge < -0.3 is 5.11 Å². The maximum absolute atomic E-state index is 8.99. The van der Waals surface area contributed by atoms with Crippen LogP contribution in [0.15, 0.2) is 71.4 Å². The quantitative estimate of drug-likeness (QED) is 0.519. The number of rotatable bonds is 6. The van der Waals surface area contributed by atoms with Crippen molar-refractivity contribution >= 4 is 6.21 Å². The van der Waals surface area contributed by atoms with Crippen molar-refractivity contribution in [2.75, 3.05) is 0 Å². The summed E-state index contributed by atoms with van der Waals surface area (Å²) in [6.45, 7) is 13.3. The Hall–Kier alpha value is -2.35. The molecule has 2 aromatic rings. The minimum atomic E-state index is 0.345. The fourth-order valence-electron chi connectivity index (χ4n) is 3.15. The van der Waals surface area contributed by atoms with E-state index in [1.165, 1.54) is 23.2 Å². The van der Waals surface area contributed by atoms with Crippen LogP contribution >= 0.6 is 0 Å². The first-order chi connectivity index (χ1) is 14.3. The molecule has 2 aromatic carbocycles. The summed E-state index contributed by atoms with van der Waals surface area (Å²) in [7, 11) is 0. The topological polar surface area (TPSA) is 32.6 Å². The van der Waals surface area contributed by atoms with Crippen molar-refractivity contribution in [2.24, 2.45) is 22.7 Å². The van der Waals surface area contributed by atoms with Gasteiger partial charge in [-0.3, -0.25) is 4.99 Å². The van der Waals surface area contributed by atoms with Crippen LogP contribution in [0.4, 0.5) is 0 Å². The van der Waals surface area contributed by atoms with E-state index in [1.807, 2.05) is 18.3 Å². The van der Waals surface area contributed by atoms with E-state index < -0.39 is 0 Å². The summed E-state index contributed by atoms with van der Waals surface area (Å²) in [5.74, 6) is 2.53. The van der Waals surface area contributed by atoms with Gasteiger partial charge in [0.05, 0.1) is 0 Å². The molecule has 0 atom stereocenters. The first-order valence-electron chi connectivity index (χ1n) is 11.3. The molecule has 1 N–H and O–H groups in total. The van der Waals surface area contributed by atoms with Crippen molar-refractivity contribution in [3.8, 4) is 5.75 Å². The van der Waals surface area contributed by atoms with Crippen LogP contribution in [-0.4, -0.2) is 11.3 Å². The zero-order valence-corrected chi connectivity index (χ0v) is 19.8. The number of phenolic OH excluding ortho intramolecular Hbond substituents is 1. The molecule has 0 fully saturated rings. The van der Waals surface area contributed by atoms with E-state index in [2.05, 4.69) is 82.9 Å². The molecule has 2 nitrogen and oxygen atoms in total. The van der Waals surface area contributed by atoms with Crippen molar-refractivity contribution in [2.45, 2.75) is 67.2 Å². The monoisotopic (exact) mass is 407 g/mol. The molecule has 0 amide bonds. The van der Waals surface area contributed by atoms with E-state index in [0.717, 1.165) is 31.1 Å². The molecule has 0 bridgehead atoms. The number of benzene rings is 2. The lowest BCUT2D eigenvalue weighted by Gasteiger charge is -2.03. The van der Waals surface area contributed by atoms with Crippen LogP contribution < -0.4 is 0 Å². The van der Waals surface area contributed by atoms with Gasteiger partial charge in [-0.1, -0.05) is 90.1 Å². The lowest BCUT2D eigenvalue weighted by atomic mass is 10.0. The third-order valence-electron chi connectivity index (χ3n) is 4.40. The van der Waals surface area contributed by atoms with Crippen LogP contribution in [0, 0.1) is 17.8 Å². The molecule has 0 radical (unpaired) electrons. The zero-order chi connectivity index (χ0) is 22.4. The third kappa shape index (κ3) is 13.0. The highest BCUT2D eigenvalue weighted by atomic mass is 16.3. The van der Waals surface area contributed by atoms with Gasteiger partial charge in [0.2, 0.25) is 0 Å². The molecule has 1 aliphatic rings. The highest BCUT2D eigenvalue weighted by molar-refractivity contribution is 5.64. The number of hydrogen-bond donors (Lipinski definition) is 1. The predicted octanol–water partition coefficient (Wildman–Crippen LogP) is 7.87. The number of phenols is 1. The minimum Gasteiger partial charge on any atom is -0.508 e. The number of allylic oxidation sites excluding steroid dienone is 2. The highest BCUT2D eigenvalue weighted by Crippen LogP contribution is 2.15. The van der Waals surface area contributed by atoms with Gasteiger partial charge in [-0.05, 0) is 60.3 Å². The number of aromatic hydroxyl groups is 1. The van der Waals surface area contributed by atoms with Crippen LogP contribution in [0.3, 0.4) is 0 Å². The van der Waals surface area contributed by atoms with E-state index in [4.69, 9.17) is 5.11 Å². The van der Waals surface area contributed by atoms with E-state index in [-0.39, 0.29) is 0 Å². The summed E-state index contributed by atoms with van der Waals surface area (Å²) in [5, 5.41) is 8.99. The largest absolute Gasteiger partial charge is 0.508 e. The fraction of sp³-hybridized carbons (Fsp3) is 0.464. The van der Waals surface area contributed by atoms with Gasteiger partial charge in [0.1, 0.15) is 5.75 Å². The molecule has 1 heterocycles. The predicted molar refractivity (Wildman–Crippen MR) is 132 cm³/mol. The van der Waals surface area contributed by atoms with Crippen LogP contribution in [0.1, 0.15) is 65.5 Å². The molecule has 1 aliphatic heterocycles. The Bertz CT molecular complexity index is 740. The second kappa shape index (κ2) is 14.6. The average molecular weight is 408 g/mol. The third-order valence-corrected chi connectivity index (χ3v) is 4.40. The van der Waals surface area contributed by atoms with Crippen molar-refractivity contribution in [1.29, 1.82) is 0 Å². The smallest absolute Gasteiger partial charge is 0.115 e. The highest BCUT2D eigenvalue weighted by Gasteiger charge is 2.01. The average Bonchev–Trinajstić information content (AvgIpc) is 3.17. The molecule has 0 spiro atoms. The summed E-state index contributed by atoms with van der Waals surface area (Å²) in [4.78, 5) is 4.21. The SMILES string of the molecule is CC(C)CC1=CCC=N1.CC(C)Cc1ccc(O)cc1.CC(C)Cc1ccccc1. The number of aliphatic imine (C=N–C) groups is 1. The molecule has 0 saturated heterocycles. The maximum atomic E-state index is 8.99. The van der Waals surface area contributed by atoms with Crippen molar-refractivity contribution in [1.82, 2.24) is 0 Å². The van der Waals surface area contributed by atoms with E-state index >= 15 is 0 Å². The molecule has 0 aromatic heterocycles. The summed E-state index contributed by atoms with van der Waals surface area (Å²) >= 11 is 0. The van der Waals surface area contributed by atoms with Crippen molar-refractivity contribution in [3.05, 3.63) is 77.5 Å². The Morgan fingerprint density at radius 1 is 0.700 bits per heavy atom. The molecule has 0 saturated carbocycles. The van der Waals surface area contributed by atoms with Gasteiger partial charge in [0.15, 0.2) is 0 Å². The fourth-order valence-corrected chi connectivity index (χ4v) is 3.15. The minimum absolute atomic E-state index is 0.345. The van der Waals surface area contributed by atoms with E-state index in [9.17, 15) is 0 Å². The lowest BCUT2D eigenvalue weighted by Crippen LogP contribution is -1.92. The Labute approximate surface area is 184 Å². The first-order valence-corrected chi connectivity index (χ1v) is 11.3. The van der Waals surface area contributed by atoms with Crippen LogP contribution in [0.2, 0.25) is 0 Å². The van der Waals surface area contributed by atoms with Crippen LogP contribution in [0.25, 0.3) is 0 Å². The molecule has 164 valence electrons. The van der Waals surface area contributed by atoms with Gasteiger partial charge in [-0.2, -0.15) is 0 Å². The van der Waals surface area contributed by atoms with Gasteiger partial charge >= 0.3 is 0 Å². The van der Waals surface area contributed by atoms with Gasteiger partial charge in [0, 0.05) is 18.3 Å². The number of nitrogens with zero attached hydrogens (tertiary/aromatic N) is 1. The normalized spacial score (nSPS) is 12.4. The Kier molecular flexibility index (Phi) is 12.5. The molecule has 30 heavy (non-hydrogen) atoms.